The van der Waals surface area contributed by atoms with Gasteiger partial charge in [0.2, 0.25) is 0 Å². The minimum Gasteiger partial charge on any atom is -0.497 e. The van der Waals surface area contributed by atoms with Crippen molar-refractivity contribution in [3.8, 4) is 11.5 Å². The molecule has 1 aliphatic heterocycles. The summed E-state index contributed by atoms with van der Waals surface area (Å²) in [6.07, 6.45) is 0. The zero-order chi connectivity index (χ0) is 13.7. The molecule has 1 saturated heterocycles. The van der Waals surface area contributed by atoms with E-state index in [2.05, 4.69) is 22.6 Å². The van der Waals surface area contributed by atoms with Crippen LogP contribution in [0.3, 0.4) is 0 Å². The number of methoxy groups -OCH3 is 2. The Hall–Kier alpha value is -1.46. The molecule has 0 aliphatic carbocycles. The van der Waals surface area contributed by atoms with Crippen LogP contribution in [0.15, 0.2) is 18.2 Å². The molecule has 1 atom stereocenters. The average Bonchev–Trinajstić information content (AvgIpc) is 2.46. The fourth-order valence-corrected chi connectivity index (χ4v) is 2.27. The van der Waals surface area contributed by atoms with E-state index in [1.54, 1.807) is 14.2 Å². The highest BCUT2D eigenvalue weighted by molar-refractivity contribution is 5.59. The van der Waals surface area contributed by atoms with Crippen molar-refractivity contribution in [1.29, 1.82) is 0 Å². The van der Waals surface area contributed by atoms with E-state index in [0.29, 0.717) is 6.04 Å². The fraction of sp³-hybridized carbons (Fsp3) is 0.571. The van der Waals surface area contributed by atoms with E-state index >= 15 is 0 Å². The summed E-state index contributed by atoms with van der Waals surface area (Å²) >= 11 is 0. The predicted octanol–water partition coefficient (Wildman–Crippen LogP) is 1.02. The molecular weight excluding hydrogens is 242 g/mol. The third kappa shape index (κ3) is 3.52. The molecule has 2 rings (SSSR count). The van der Waals surface area contributed by atoms with Crippen LogP contribution in [0.2, 0.25) is 0 Å². The topological polar surface area (TPSA) is 45.8 Å². The maximum absolute atomic E-state index is 5.36. The number of nitrogens with one attached hydrogen (secondary N) is 2. The molecule has 106 valence electrons. The van der Waals surface area contributed by atoms with Gasteiger partial charge < -0.3 is 20.1 Å². The Bertz CT molecular complexity index is 412. The third-order valence-electron chi connectivity index (χ3n) is 3.58. The molecule has 0 spiro atoms. The van der Waals surface area contributed by atoms with Crippen LogP contribution in [0.25, 0.3) is 0 Å². The minimum atomic E-state index is 0.490. The number of benzene rings is 1. The zero-order valence-electron chi connectivity index (χ0n) is 11.9. The number of rotatable bonds is 5. The molecule has 0 radical (unpaired) electrons. The lowest BCUT2D eigenvalue weighted by Gasteiger charge is -2.33. The highest BCUT2D eigenvalue weighted by atomic mass is 16.5. The Morgan fingerprint density at radius 2 is 2.21 bits per heavy atom. The zero-order valence-corrected chi connectivity index (χ0v) is 11.9. The van der Waals surface area contributed by atoms with Gasteiger partial charge in [-0.15, -0.1) is 0 Å². The van der Waals surface area contributed by atoms with Crippen LogP contribution in [0.5, 0.6) is 11.5 Å². The lowest BCUT2D eigenvalue weighted by molar-refractivity contribution is 0.209. The standard InChI is InChI=1S/C14H23N3O2/c1-17-7-6-15-9-11(17)10-16-13-8-12(18-2)4-5-14(13)19-3/h4-5,8,11,15-16H,6-7,9-10H2,1-3H3. The van der Waals surface area contributed by atoms with Gasteiger partial charge in [0.1, 0.15) is 11.5 Å². The molecular formula is C14H23N3O2. The lowest BCUT2D eigenvalue weighted by atomic mass is 10.2. The highest BCUT2D eigenvalue weighted by Crippen LogP contribution is 2.28. The largest absolute Gasteiger partial charge is 0.497 e. The third-order valence-corrected chi connectivity index (χ3v) is 3.58. The molecule has 1 aromatic carbocycles. The van der Waals surface area contributed by atoms with Gasteiger partial charge >= 0.3 is 0 Å². The number of piperazine rings is 1. The molecule has 2 N–H and O–H groups in total. The molecule has 0 saturated carbocycles. The van der Waals surface area contributed by atoms with E-state index in [4.69, 9.17) is 9.47 Å². The summed E-state index contributed by atoms with van der Waals surface area (Å²) in [5.41, 5.74) is 0.973. The Labute approximate surface area is 114 Å². The summed E-state index contributed by atoms with van der Waals surface area (Å²) in [6, 6.07) is 6.28. The number of hydrogen-bond donors (Lipinski definition) is 2. The molecule has 1 heterocycles. The van der Waals surface area contributed by atoms with Gasteiger partial charge in [0.05, 0.1) is 19.9 Å². The summed E-state index contributed by atoms with van der Waals surface area (Å²) < 4.78 is 10.6. The van der Waals surface area contributed by atoms with Crippen molar-refractivity contribution in [3.05, 3.63) is 18.2 Å². The van der Waals surface area contributed by atoms with Crippen molar-refractivity contribution >= 4 is 5.69 Å². The quantitative estimate of drug-likeness (QED) is 0.832. The van der Waals surface area contributed by atoms with Gasteiger partial charge in [-0.05, 0) is 19.2 Å². The molecule has 0 bridgehead atoms. The fourth-order valence-electron chi connectivity index (χ4n) is 2.27. The first-order valence-electron chi connectivity index (χ1n) is 6.61. The normalized spacial score (nSPS) is 20.1. The monoisotopic (exact) mass is 265 g/mol. The lowest BCUT2D eigenvalue weighted by Crippen LogP contribution is -2.52. The summed E-state index contributed by atoms with van der Waals surface area (Å²) in [5, 5.41) is 6.87. The second kappa shape index (κ2) is 6.63. The van der Waals surface area contributed by atoms with Crippen LogP contribution in [0.1, 0.15) is 0 Å². The van der Waals surface area contributed by atoms with Crippen molar-refractivity contribution in [3.63, 3.8) is 0 Å². The molecule has 1 aromatic rings. The van der Waals surface area contributed by atoms with Crippen molar-refractivity contribution in [2.75, 3.05) is 52.8 Å². The van der Waals surface area contributed by atoms with E-state index in [1.807, 2.05) is 18.2 Å². The van der Waals surface area contributed by atoms with E-state index in [-0.39, 0.29) is 0 Å². The smallest absolute Gasteiger partial charge is 0.142 e. The Morgan fingerprint density at radius 1 is 1.37 bits per heavy atom. The van der Waals surface area contributed by atoms with Gasteiger partial charge in [-0.25, -0.2) is 0 Å². The maximum Gasteiger partial charge on any atom is 0.142 e. The second-order valence-electron chi connectivity index (χ2n) is 4.79. The predicted molar refractivity (Wildman–Crippen MR) is 77.3 cm³/mol. The first-order chi connectivity index (χ1) is 9.24. The second-order valence-corrected chi connectivity index (χ2v) is 4.79. The van der Waals surface area contributed by atoms with Gasteiger partial charge in [-0.1, -0.05) is 0 Å². The summed E-state index contributed by atoms with van der Waals surface area (Å²) in [6.45, 7) is 4.04. The SMILES string of the molecule is COc1ccc(OC)c(NCC2CNCCN2C)c1. The molecule has 0 aromatic heterocycles. The van der Waals surface area contributed by atoms with Gasteiger partial charge in [0.15, 0.2) is 0 Å². The molecule has 5 nitrogen and oxygen atoms in total. The molecule has 1 aliphatic rings. The van der Waals surface area contributed by atoms with Crippen LogP contribution in [0, 0.1) is 0 Å². The van der Waals surface area contributed by atoms with Crippen molar-refractivity contribution < 1.29 is 9.47 Å². The molecule has 5 heteroatoms. The minimum absolute atomic E-state index is 0.490. The van der Waals surface area contributed by atoms with E-state index in [0.717, 1.165) is 43.4 Å². The van der Waals surface area contributed by atoms with E-state index in [1.165, 1.54) is 0 Å². The Morgan fingerprint density at radius 3 is 2.89 bits per heavy atom. The van der Waals surface area contributed by atoms with Gasteiger partial charge in [-0.2, -0.15) is 0 Å². The molecule has 19 heavy (non-hydrogen) atoms. The van der Waals surface area contributed by atoms with Gasteiger partial charge in [-0.3, -0.25) is 4.90 Å². The summed E-state index contributed by atoms with van der Waals surface area (Å²) in [4.78, 5) is 2.37. The van der Waals surface area contributed by atoms with Crippen LogP contribution >= 0.6 is 0 Å². The number of likely N-dealkylation sites (N-methyl/N-ethyl adjacent to an activating group) is 1. The van der Waals surface area contributed by atoms with Gasteiger partial charge in [0, 0.05) is 38.3 Å². The molecule has 0 amide bonds. The van der Waals surface area contributed by atoms with Crippen molar-refractivity contribution in [2.24, 2.45) is 0 Å². The first-order valence-corrected chi connectivity index (χ1v) is 6.61. The number of hydrogen-bond acceptors (Lipinski definition) is 5. The van der Waals surface area contributed by atoms with Crippen LogP contribution in [0.4, 0.5) is 5.69 Å². The average molecular weight is 265 g/mol. The number of ether oxygens (including phenoxy) is 2. The highest BCUT2D eigenvalue weighted by Gasteiger charge is 2.18. The van der Waals surface area contributed by atoms with E-state index in [9.17, 15) is 0 Å². The van der Waals surface area contributed by atoms with E-state index < -0.39 is 0 Å². The number of anilines is 1. The first kappa shape index (κ1) is 14.0. The van der Waals surface area contributed by atoms with Crippen molar-refractivity contribution in [2.45, 2.75) is 6.04 Å². The Kier molecular flexibility index (Phi) is 4.87. The maximum atomic E-state index is 5.36. The Balaban J connectivity index is 2.01. The van der Waals surface area contributed by atoms with Crippen LogP contribution in [-0.2, 0) is 0 Å². The van der Waals surface area contributed by atoms with Gasteiger partial charge in [0.25, 0.3) is 0 Å². The number of nitrogens with zero attached hydrogens (tertiary/aromatic N) is 1. The molecule has 1 unspecified atom stereocenters. The summed E-state index contributed by atoms with van der Waals surface area (Å²) in [7, 11) is 5.52. The van der Waals surface area contributed by atoms with Crippen molar-refractivity contribution in [1.82, 2.24) is 10.2 Å². The van der Waals surface area contributed by atoms with Crippen LogP contribution < -0.4 is 20.1 Å². The summed E-state index contributed by atoms with van der Waals surface area (Å²) in [5.74, 6) is 1.67. The van der Waals surface area contributed by atoms with Crippen LogP contribution in [-0.4, -0.2) is 58.4 Å². The molecule has 1 fully saturated rings.